The number of carbonyl (C=O) groups is 1. The van der Waals surface area contributed by atoms with Gasteiger partial charge in [0.15, 0.2) is 5.96 Å². The highest BCUT2D eigenvalue weighted by atomic mass is 16.5. The Kier molecular flexibility index (Phi) is 7.61. The normalized spacial score (nSPS) is 20.5. The second-order valence-corrected chi connectivity index (χ2v) is 6.46. The minimum atomic E-state index is 0.0192. The number of guanidine groups is 1. The first-order valence-electron chi connectivity index (χ1n) is 8.70. The lowest BCUT2D eigenvalue weighted by atomic mass is 10.2. The Labute approximate surface area is 139 Å². The molecule has 2 rings (SSSR count). The maximum Gasteiger partial charge on any atom is 0.243 e. The summed E-state index contributed by atoms with van der Waals surface area (Å²) in [6, 6.07) is 0.485. The van der Waals surface area contributed by atoms with Crippen LogP contribution in [-0.4, -0.2) is 87.7 Å². The highest BCUT2D eigenvalue weighted by Gasteiger charge is 2.17. The third-order valence-electron chi connectivity index (χ3n) is 4.39. The van der Waals surface area contributed by atoms with Crippen LogP contribution in [0.25, 0.3) is 0 Å². The van der Waals surface area contributed by atoms with Crippen molar-refractivity contribution in [2.75, 3.05) is 60.0 Å². The van der Waals surface area contributed by atoms with Crippen molar-refractivity contribution in [2.45, 2.75) is 31.7 Å². The molecular weight excluding hydrogens is 294 g/mol. The summed E-state index contributed by atoms with van der Waals surface area (Å²) >= 11 is 0. The molecule has 1 aliphatic heterocycles. The van der Waals surface area contributed by atoms with Gasteiger partial charge in [0.25, 0.3) is 0 Å². The van der Waals surface area contributed by atoms with Gasteiger partial charge in [-0.1, -0.05) is 12.8 Å². The Morgan fingerprint density at radius 3 is 2.61 bits per heavy atom. The smallest absolute Gasteiger partial charge is 0.243 e. The van der Waals surface area contributed by atoms with Crippen LogP contribution in [0.5, 0.6) is 0 Å². The maximum absolute atomic E-state index is 11.7. The molecule has 1 aliphatic carbocycles. The van der Waals surface area contributed by atoms with Gasteiger partial charge in [-0.15, -0.1) is 0 Å². The van der Waals surface area contributed by atoms with Gasteiger partial charge in [0.1, 0.15) is 6.54 Å². The first-order valence-corrected chi connectivity index (χ1v) is 8.70. The molecule has 0 atom stereocenters. The minimum Gasteiger partial charge on any atom is -0.379 e. The quantitative estimate of drug-likeness (QED) is 0.527. The van der Waals surface area contributed by atoms with Crippen LogP contribution in [-0.2, 0) is 9.53 Å². The Hall–Kier alpha value is -1.34. The van der Waals surface area contributed by atoms with Crippen LogP contribution in [0.3, 0.4) is 0 Å². The van der Waals surface area contributed by atoms with Gasteiger partial charge in [0.2, 0.25) is 5.91 Å². The third kappa shape index (κ3) is 6.74. The lowest BCUT2D eigenvalue weighted by molar-refractivity contribution is -0.127. The van der Waals surface area contributed by atoms with E-state index in [1.807, 2.05) is 0 Å². The van der Waals surface area contributed by atoms with E-state index in [2.05, 4.69) is 20.5 Å². The number of nitrogens with one attached hydrogen (secondary N) is 2. The summed E-state index contributed by atoms with van der Waals surface area (Å²) in [6.07, 6.45) is 4.92. The number of rotatable bonds is 6. The predicted octanol–water partition coefficient (Wildman–Crippen LogP) is -0.115. The van der Waals surface area contributed by atoms with E-state index >= 15 is 0 Å². The highest BCUT2D eigenvalue weighted by Crippen LogP contribution is 2.17. The van der Waals surface area contributed by atoms with Crippen LogP contribution in [0.4, 0.5) is 0 Å². The van der Waals surface area contributed by atoms with Crippen molar-refractivity contribution in [3.8, 4) is 0 Å². The van der Waals surface area contributed by atoms with Gasteiger partial charge in [0, 0.05) is 46.3 Å². The van der Waals surface area contributed by atoms with Crippen LogP contribution in [0.2, 0.25) is 0 Å². The highest BCUT2D eigenvalue weighted by molar-refractivity contribution is 5.84. The monoisotopic (exact) mass is 325 g/mol. The van der Waals surface area contributed by atoms with Gasteiger partial charge in [-0.2, -0.15) is 0 Å². The number of morpholine rings is 1. The fourth-order valence-corrected chi connectivity index (χ4v) is 2.86. The molecule has 132 valence electrons. The van der Waals surface area contributed by atoms with Crippen molar-refractivity contribution < 1.29 is 9.53 Å². The summed E-state index contributed by atoms with van der Waals surface area (Å²) in [5.74, 6) is 0.783. The second-order valence-electron chi connectivity index (χ2n) is 6.46. The van der Waals surface area contributed by atoms with Crippen LogP contribution < -0.4 is 10.6 Å². The van der Waals surface area contributed by atoms with Crippen LogP contribution in [0, 0.1) is 0 Å². The number of aliphatic imine (C=N–C) groups is 1. The minimum absolute atomic E-state index is 0.0192. The van der Waals surface area contributed by atoms with Crippen LogP contribution in [0.15, 0.2) is 4.99 Å². The van der Waals surface area contributed by atoms with Crippen molar-refractivity contribution in [2.24, 2.45) is 4.99 Å². The Morgan fingerprint density at radius 1 is 1.26 bits per heavy atom. The zero-order valence-corrected chi connectivity index (χ0v) is 14.5. The molecule has 0 aromatic rings. The fraction of sp³-hybridized carbons (Fsp3) is 0.875. The van der Waals surface area contributed by atoms with E-state index < -0.39 is 0 Å². The standard InChI is InChI=1S/C16H31N5O2/c1-20(2)15(22)13-18-16(19-14-5-3-4-6-14)17-7-8-21-9-11-23-12-10-21/h14H,3-13H2,1-2H3,(H2,17,18,19). The van der Waals surface area contributed by atoms with Gasteiger partial charge in [-0.05, 0) is 12.8 Å². The number of likely N-dealkylation sites (N-methyl/N-ethyl adjacent to an activating group) is 1. The van der Waals surface area contributed by atoms with E-state index in [0.29, 0.717) is 6.04 Å². The van der Waals surface area contributed by atoms with Crippen molar-refractivity contribution in [1.29, 1.82) is 0 Å². The summed E-state index contributed by atoms with van der Waals surface area (Å²) in [6.45, 7) is 5.60. The molecule has 1 saturated carbocycles. The molecule has 0 aromatic carbocycles. The average Bonchev–Trinajstić information content (AvgIpc) is 3.06. The Morgan fingerprint density at radius 2 is 1.96 bits per heavy atom. The first-order chi connectivity index (χ1) is 11.1. The predicted molar refractivity (Wildman–Crippen MR) is 91.6 cm³/mol. The summed E-state index contributed by atoms with van der Waals surface area (Å²) in [5.41, 5.74) is 0. The number of amides is 1. The molecule has 7 heteroatoms. The van der Waals surface area contributed by atoms with Crippen molar-refractivity contribution >= 4 is 11.9 Å². The zero-order chi connectivity index (χ0) is 16.5. The third-order valence-corrected chi connectivity index (χ3v) is 4.39. The molecule has 23 heavy (non-hydrogen) atoms. The van der Waals surface area contributed by atoms with E-state index in [-0.39, 0.29) is 12.5 Å². The zero-order valence-electron chi connectivity index (χ0n) is 14.5. The van der Waals surface area contributed by atoms with Crippen molar-refractivity contribution in [3.63, 3.8) is 0 Å². The molecule has 1 amide bonds. The van der Waals surface area contributed by atoms with E-state index in [1.165, 1.54) is 25.7 Å². The number of hydrogen-bond donors (Lipinski definition) is 2. The van der Waals surface area contributed by atoms with Gasteiger partial charge in [0.05, 0.1) is 13.2 Å². The number of hydrogen-bond acceptors (Lipinski definition) is 4. The molecule has 0 aromatic heterocycles. The SMILES string of the molecule is CN(C)C(=O)CN=C(NCCN1CCOCC1)NC1CCCC1. The van der Waals surface area contributed by atoms with Crippen LogP contribution >= 0.6 is 0 Å². The molecule has 1 saturated heterocycles. The molecule has 1 heterocycles. The van der Waals surface area contributed by atoms with E-state index in [0.717, 1.165) is 45.4 Å². The molecule has 2 aliphatic rings. The first kappa shape index (κ1) is 18.0. The maximum atomic E-state index is 11.7. The van der Waals surface area contributed by atoms with Gasteiger partial charge >= 0.3 is 0 Å². The van der Waals surface area contributed by atoms with Crippen molar-refractivity contribution in [3.05, 3.63) is 0 Å². The summed E-state index contributed by atoms with van der Waals surface area (Å²) in [5, 5.41) is 6.85. The fourth-order valence-electron chi connectivity index (χ4n) is 2.86. The van der Waals surface area contributed by atoms with Gasteiger partial charge in [-0.3, -0.25) is 9.69 Å². The second kappa shape index (κ2) is 9.72. The Balaban J connectivity index is 1.79. The Bertz CT molecular complexity index is 388. The number of nitrogens with zero attached hydrogens (tertiary/aromatic N) is 3. The topological polar surface area (TPSA) is 69.2 Å². The number of ether oxygens (including phenoxy) is 1. The van der Waals surface area contributed by atoms with Gasteiger partial charge in [-0.25, -0.2) is 4.99 Å². The van der Waals surface area contributed by atoms with Gasteiger partial charge < -0.3 is 20.3 Å². The lowest BCUT2D eigenvalue weighted by Gasteiger charge is -2.27. The summed E-state index contributed by atoms with van der Waals surface area (Å²) < 4.78 is 5.36. The van der Waals surface area contributed by atoms with E-state index in [4.69, 9.17) is 4.74 Å². The average molecular weight is 325 g/mol. The molecule has 0 unspecified atom stereocenters. The summed E-state index contributed by atoms with van der Waals surface area (Å²) in [7, 11) is 3.52. The van der Waals surface area contributed by atoms with E-state index in [9.17, 15) is 4.79 Å². The molecule has 0 radical (unpaired) electrons. The molecule has 2 fully saturated rings. The molecule has 2 N–H and O–H groups in total. The molecule has 7 nitrogen and oxygen atoms in total. The molecular formula is C16H31N5O2. The lowest BCUT2D eigenvalue weighted by Crippen LogP contribution is -2.47. The van der Waals surface area contributed by atoms with Crippen molar-refractivity contribution in [1.82, 2.24) is 20.4 Å². The van der Waals surface area contributed by atoms with Crippen LogP contribution in [0.1, 0.15) is 25.7 Å². The number of carbonyl (C=O) groups excluding carboxylic acids is 1. The molecule has 0 spiro atoms. The largest absolute Gasteiger partial charge is 0.379 e. The van der Waals surface area contributed by atoms with E-state index in [1.54, 1.807) is 19.0 Å². The molecule has 0 bridgehead atoms. The summed E-state index contributed by atoms with van der Waals surface area (Å²) in [4.78, 5) is 20.2.